The zero-order valence-electron chi connectivity index (χ0n) is 6.74. The van der Waals surface area contributed by atoms with Crippen LogP contribution in [0.25, 0.3) is 0 Å². The summed E-state index contributed by atoms with van der Waals surface area (Å²) in [5.74, 6) is 6.23. The second-order valence-electron chi connectivity index (χ2n) is 2.28. The maximum atomic E-state index is 10.5. The minimum absolute atomic E-state index is 0.219. The largest absolute Gasteiger partial charge is 0.383 e. The predicted molar refractivity (Wildman–Crippen MR) is 44.7 cm³/mol. The molecule has 66 valence electrons. The summed E-state index contributed by atoms with van der Waals surface area (Å²) in [5.41, 5.74) is 5.75. The number of nitrogens with zero attached hydrogens (tertiary/aromatic N) is 2. The van der Waals surface area contributed by atoms with Crippen LogP contribution in [-0.4, -0.2) is 30.8 Å². The number of nitrogens with two attached hydrogens (primary N) is 2. The van der Waals surface area contributed by atoms with Crippen molar-refractivity contribution in [2.75, 3.05) is 13.7 Å². The van der Waals surface area contributed by atoms with Crippen molar-refractivity contribution in [2.45, 2.75) is 0 Å². The Morgan fingerprint density at radius 3 is 2.83 bits per heavy atom. The van der Waals surface area contributed by atoms with E-state index >= 15 is 0 Å². The van der Waals surface area contributed by atoms with Gasteiger partial charge in [-0.05, 0) is 0 Å². The summed E-state index contributed by atoms with van der Waals surface area (Å²) >= 11 is 0. The molecule has 1 aliphatic rings. The molecular formula is C6H11N5O. The van der Waals surface area contributed by atoms with E-state index in [1.165, 1.54) is 5.01 Å². The zero-order chi connectivity index (χ0) is 9.14. The average molecular weight is 169 g/mol. The molecule has 0 aromatic carbocycles. The van der Waals surface area contributed by atoms with E-state index in [0.717, 1.165) is 0 Å². The van der Waals surface area contributed by atoms with Crippen LogP contribution in [0.2, 0.25) is 0 Å². The summed E-state index contributed by atoms with van der Waals surface area (Å²) in [7, 11) is 1.66. The molecule has 1 aliphatic heterocycles. The van der Waals surface area contributed by atoms with Gasteiger partial charge in [0.25, 0.3) is 0 Å². The Labute approximate surface area is 69.9 Å². The standard InChI is InChI=1S/C6H11N5O/c1-9-6-4(2-12)5(7)10-3-11(6)8/h2,9H,3,8H2,1H3,(H2,7,10). The molecule has 0 saturated carbocycles. The fourth-order valence-corrected chi connectivity index (χ4v) is 0.979. The summed E-state index contributed by atoms with van der Waals surface area (Å²) < 4.78 is 0. The Morgan fingerprint density at radius 2 is 2.42 bits per heavy atom. The first kappa shape index (κ1) is 8.54. The molecule has 1 rings (SSSR count). The van der Waals surface area contributed by atoms with Crippen molar-refractivity contribution in [3.05, 3.63) is 11.4 Å². The van der Waals surface area contributed by atoms with Crippen LogP contribution in [-0.2, 0) is 4.79 Å². The van der Waals surface area contributed by atoms with Gasteiger partial charge >= 0.3 is 0 Å². The number of aldehydes is 1. The van der Waals surface area contributed by atoms with Gasteiger partial charge in [0.2, 0.25) is 0 Å². The van der Waals surface area contributed by atoms with Crippen molar-refractivity contribution in [1.29, 1.82) is 0 Å². The normalized spacial score (nSPS) is 17.5. The van der Waals surface area contributed by atoms with Gasteiger partial charge in [0.1, 0.15) is 18.3 Å². The van der Waals surface area contributed by atoms with E-state index in [4.69, 9.17) is 11.6 Å². The summed E-state index contributed by atoms with van der Waals surface area (Å²) in [4.78, 5) is 14.4. The lowest BCUT2D eigenvalue weighted by atomic mass is 10.2. The number of amidine groups is 1. The van der Waals surface area contributed by atoms with Crippen molar-refractivity contribution >= 4 is 12.1 Å². The Kier molecular flexibility index (Phi) is 2.29. The van der Waals surface area contributed by atoms with E-state index in [1.807, 2.05) is 0 Å². The molecule has 0 spiro atoms. The molecule has 0 bridgehead atoms. The van der Waals surface area contributed by atoms with E-state index in [0.29, 0.717) is 17.7 Å². The molecule has 0 aliphatic carbocycles. The molecule has 0 amide bonds. The van der Waals surface area contributed by atoms with Gasteiger partial charge in [-0.2, -0.15) is 0 Å². The molecule has 0 saturated heterocycles. The molecule has 0 radical (unpaired) electrons. The highest BCUT2D eigenvalue weighted by molar-refractivity contribution is 6.13. The summed E-state index contributed by atoms with van der Waals surface area (Å²) in [6.45, 7) is 0.263. The molecule has 6 nitrogen and oxygen atoms in total. The van der Waals surface area contributed by atoms with Crippen molar-refractivity contribution in [3.8, 4) is 0 Å². The highest BCUT2D eigenvalue weighted by Gasteiger charge is 2.17. The van der Waals surface area contributed by atoms with Crippen LogP contribution in [0, 0.1) is 0 Å². The fraction of sp³-hybridized carbons (Fsp3) is 0.333. The van der Waals surface area contributed by atoms with Crippen LogP contribution in [0.3, 0.4) is 0 Å². The van der Waals surface area contributed by atoms with Crippen LogP contribution in [0.4, 0.5) is 0 Å². The van der Waals surface area contributed by atoms with Gasteiger partial charge in [0.05, 0.1) is 5.57 Å². The first-order valence-corrected chi connectivity index (χ1v) is 3.40. The number of rotatable bonds is 2. The predicted octanol–water partition coefficient (Wildman–Crippen LogP) is -1.88. The van der Waals surface area contributed by atoms with Crippen molar-refractivity contribution < 1.29 is 4.79 Å². The lowest BCUT2D eigenvalue weighted by Crippen LogP contribution is -2.43. The first-order valence-electron chi connectivity index (χ1n) is 3.40. The second-order valence-corrected chi connectivity index (χ2v) is 2.28. The van der Waals surface area contributed by atoms with Crippen LogP contribution in [0.5, 0.6) is 0 Å². The van der Waals surface area contributed by atoms with Gasteiger partial charge in [0, 0.05) is 7.05 Å². The van der Waals surface area contributed by atoms with Crippen LogP contribution in [0.15, 0.2) is 16.4 Å². The smallest absolute Gasteiger partial charge is 0.157 e. The Morgan fingerprint density at radius 1 is 1.75 bits per heavy atom. The number of carbonyl (C=O) groups is 1. The fourth-order valence-electron chi connectivity index (χ4n) is 0.979. The molecule has 0 unspecified atom stereocenters. The number of nitrogens with one attached hydrogen (secondary N) is 1. The monoisotopic (exact) mass is 169 g/mol. The van der Waals surface area contributed by atoms with Crippen LogP contribution >= 0.6 is 0 Å². The van der Waals surface area contributed by atoms with Crippen molar-refractivity contribution in [1.82, 2.24) is 10.3 Å². The van der Waals surface area contributed by atoms with Crippen molar-refractivity contribution in [2.24, 2.45) is 16.6 Å². The lowest BCUT2D eigenvalue weighted by molar-refractivity contribution is -0.104. The topological polar surface area (TPSA) is 96.7 Å². The van der Waals surface area contributed by atoms with Crippen LogP contribution < -0.4 is 16.9 Å². The minimum atomic E-state index is 0.219. The third-order valence-corrected chi connectivity index (χ3v) is 1.57. The minimum Gasteiger partial charge on any atom is -0.383 e. The SMILES string of the molecule is CNC1=C(C=O)C(N)=NCN1N. The van der Waals surface area contributed by atoms with Gasteiger partial charge in [-0.25, -0.2) is 10.8 Å². The molecule has 0 fully saturated rings. The molecule has 6 heteroatoms. The molecule has 0 aromatic rings. The molecule has 5 N–H and O–H groups in total. The van der Waals surface area contributed by atoms with Gasteiger partial charge < -0.3 is 11.1 Å². The van der Waals surface area contributed by atoms with E-state index < -0.39 is 0 Å². The quantitative estimate of drug-likeness (QED) is 0.332. The Hall–Kier alpha value is -1.56. The summed E-state index contributed by atoms with van der Waals surface area (Å²) in [5, 5.41) is 4.09. The maximum Gasteiger partial charge on any atom is 0.157 e. The first-order chi connectivity index (χ1) is 5.70. The number of hydrogen-bond acceptors (Lipinski definition) is 6. The van der Waals surface area contributed by atoms with E-state index in [1.54, 1.807) is 7.05 Å². The molecule has 1 heterocycles. The second kappa shape index (κ2) is 3.22. The average Bonchev–Trinajstić information content (AvgIpc) is 2.08. The molecule has 0 atom stereocenters. The van der Waals surface area contributed by atoms with Crippen molar-refractivity contribution in [3.63, 3.8) is 0 Å². The Bertz CT molecular complexity index is 257. The van der Waals surface area contributed by atoms with Crippen LogP contribution in [0.1, 0.15) is 0 Å². The van der Waals surface area contributed by atoms with Gasteiger partial charge in [-0.1, -0.05) is 0 Å². The summed E-state index contributed by atoms with van der Waals surface area (Å²) in [6, 6.07) is 0. The van der Waals surface area contributed by atoms with E-state index in [2.05, 4.69) is 10.3 Å². The number of aliphatic imine (C=N–C) groups is 1. The van der Waals surface area contributed by atoms with Gasteiger partial charge in [-0.15, -0.1) is 0 Å². The highest BCUT2D eigenvalue weighted by atomic mass is 16.1. The molecular weight excluding hydrogens is 158 g/mol. The summed E-state index contributed by atoms with van der Waals surface area (Å²) in [6.07, 6.45) is 0.629. The third kappa shape index (κ3) is 1.24. The Balaban J connectivity index is 3.07. The lowest BCUT2D eigenvalue weighted by Gasteiger charge is -2.25. The highest BCUT2D eigenvalue weighted by Crippen LogP contribution is 2.06. The third-order valence-electron chi connectivity index (χ3n) is 1.57. The maximum absolute atomic E-state index is 10.5. The number of hydrogen-bond donors (Lipinski definition) is 3. The number of carbonyl (C=O) groups excluding carboxylic acids is 1. The van der Waals surface area contributed by atoms with E-state index in [9.17, 15) is 4.79 Å². The zero-order valence-corrected chi connectivity index (χ0v) is 6.74. The van der Waals surface area contributed by atoms with E-state index in [-0.39, 0.29) is 12.5 Å². The molecule has 12 heavy (non-hydrogen) atoms. The number of hydrazine groups is 1. The van der Waals surface area contributed by atoms with Gasteiger partial charge in [-0.3, -0.25) is 9.80 Å². The van der Waals surface area contributed by atoms with Gasteiger partial charge in [0.15, 0.2) is 6.29 Å². The molecule has 0 aromatic heterocycles.